The topological polar surface area (TPSA) is 105 Å². The molecule has 3 aromatic rings. The number of unbranched alkanes of at least 4 members (excludes halogenated alkanes) is 7. The molecule has 8 bridgehead atoms. The summed E-state index contributed by atoms with van der Waals surface area (Å²) in [5.41, 5.74) is 19.2. The van der Waals surface area contributed by atoms with Gasteiger partial charge in [0, 0.05) is 34.8 Å². The first kappa shape index (κ1) is 29.0. The molecule has 8 nitrogen and oxygen atoms in total. The summed E-state index contributed by atoms with van der Waals surface area (Å²) in [6.07, 6.45) is 20.5. The van der Waals surface area contributed by atoms with Gasteiger partial charge >= 0.3 is 0 Å². The van der Waals surface area contributed by atoms with E-state index in [-0.39, 0.29) is 0 Å². The van der Waals surface area contributed by atoms with Crippen LogP contribution >= 0.6 is 0 Å². The van der Waals surface area contributed by atoms with Crippen LogP contribution in [0.2, 0.25) is 0 Å². The Balaban J connectivity index is 0.000000204. The first-order chi connectivity index (χ1) is 19.7. The lowest BCUT2D eigenvalue weighted by molar-refractivity contribution is 0.395. The van der Waals surface area contributed by atoms with E-state index >= 15 is 0 Å². The molecule has 210 valence electrons. The first-order valence-corrected chi connectivity index (χ1v) is 14.4. The average Bonchev–Trinajstić information content (AvgIpc) is 3.76. The van der Waals surface area contributed by atoms with E-state index in [1.807, 2.05) is 48.6 Å². The lowest BCUT2D eigenvalue weighted by atomic mass is 10.1. The number of fused-ring (bicyclic) bond motifs is 8. The minimum atomic E-state index is 0.939. The second-order valence-corrected chi connectivity index (χ2v) is 9.91. The van der Waals surface area contributed by atoms with Crippen molar-refractivity contribution in [2.24, 2.45) is 0 Å². The van der Waals surface area contributed by atoms with Crippen molar-refractivity contribution in [1.82, 2.24) is 41.9 Å². The summed E-state index contributed by atoms with van der Waals surface area (Å²) in [5, 5.41) is 0. The lowest BCUT2D eigenvalue weighted by Crippen LogP contribution is -2.48. The van der Waals surface area contributed by atoms with Crippen molar-refractivity contribution >= 4 is 46.4 Å². The Morgan fingerprint density at radius 3 is 1.48 bits per heavy atom. The highest BCUT2D eigenvalue weighted by molar-refractivity contribution is 5.77. The van der Waals surface area contributed by atoms with Crippen LogP contribution in [0, 0.1) is 0 Å². The van der Waals surface area contributed by atoms with Crippen molar-refractivity contribution < 1.29 is 0 Å². The third-order valence-electron chi connectivity index (χ3n) is 6.52. The molecule has 0 atom stereocenters. The van der Waals surface area contributed by atoms with E-state index in [2.05, 4.69) is 79.6 Å². The molecular formula is C32H42N8. The highest BCUT2D eigenvalue weighted by Crippen LogP contribution is 2.17. The van der Waals surface area contributed by atoms with Gasteiger partial charge in [0.1, 0.15) is 0 Å². The molecule has 5 rings (SSSR count). The highest BCUT2D eigenvalue weighted by atomic mass is 15.7. The zero-order chi connectivity index (χ0) is 27.8. The maximum absolute atomic E-state index is 4.63. The van der Waals surface area contributed by atoms with Gasteiger partial charge in [0.15, 0.2) is 0 Å². The van der Waals surface area contributed by atoms with E-state index in [0.29, 0.717) is 0 Å². The smallest absolute Gasteiger partial charge is 0.0658 e. The van der Waals surface area contributed by atoms with Crippen molar-refractivity contribution in [3.05, 3.63) is 84.1 Å². The molecule has 0 saturated carbocycles. The second kappa shape index (κ2) is 16.2. The summed E-state index contributed by atoms with van der Waals surface area (Å²) in [6, 6.07) is 16.4. The number of hydrogen-bond acceptors (Lipinski definition) is 6. The monoisotopic (exact) mass is 538 g/mol. The van der Waals surface area contributed by atoms with Crippen molar-refractivity contribution in [3.63, 3.8) is 0 Å². The fraction of sp³-hybridized carbons (Fsp3) is 0.312. The Morgan fingerprint density at radius 2 is 1.05 bits per heavy atom. The minimum absolute atomic E-state index is 0.939. The van der Waals surface area contributed by atoms with Crippen LogP contribution in [0.4, 0.5) is 0 Å². The zero-order valence-electron chi connectivity index (χ0n) is 23.5. The van der Waals surface area contributed by atoms with Gasteiger partial charge in [-0.15, -0.1) is 0 Å². The summed E-state index contributed by atoms with van der Waals surface area (Å²) < 4.78 is 0. The van der Waals surface area contributed by atoms with Crippen molar-refractivity contribution in [2.75, 3.05) is 6.54 Å². The zero-order valence-corrected chi connectivity index (χ0v) is 23.5. The molecule has 40 heavy (non-hydrogen) atoms. The van der Waals surface area contributed by atoms with E-state index in [0.717, 1.165) is 51.4 Å². The summed E-state index contributed by atoms with van der Waals surface area (Å²) in [5.74, 6) is 0. The molecular weight excluding hydrogens is 496 g/mol. The maximum atomic E-state index is 4.63. The third-order valence-corrected chi connectivity index (χ3v) is 6.52. The van der Waals surface area contributed by atoms with Crippen molar-refractivity contribution in [1.29, 1.82) is 0 Å². The van der Waals surface area contributed by atoms with E-state index in [1.54, 1.807) is 6.20 Å². The normalized spacial score (nSPS) is 11.7. The predicted octanol–water partition coefficient (Wildman–Crippen LogP) is 7.03. The molecule has 3 aromatic heterocycles. The van der Waals surface area contributed by atoms with Crippen molar-refractivity contribution in [3.8, 4) is 0 Å². The molecule has 0 aliphatic carbocycles. The lowest BCUT2D eigenvalue weighted by Gasteiger charge is -2.07. The fourth-order valence-corrected chi connectivity index (χ4v) is 4.48. The van der Waals surface area contributed by atoms with Crippen molar-refractivity contribution in [2.45, 2.75) is 58.3 Å². The van der Waals surface area contributed by atoms with Gasteiger partial charge in [0.05, 0.1) is 22.8 Å². The van der Waals surface area contributed by atoms with Gasteiger partial charge in [-0.25, -0.2) is 15.4 Å². The van der Waals surface area contributed by atoms with E-state index in [4.69, 9.17) is 0 Å². The molecule has 0 amide bonds. The van der Waals surface area contributed by atoms with Crippen LogP contribution in [0.15, 0.2) is 61.3 Å². The van der Waals surface area contributed by atoms with Crippen LogP contribution in [-0.4, -0.2) is 26.5 Å². The molecule has 0 fully saturated rings. The van der Waals surface area contributed by atoms with Crippen LogP contribution in [0.5, 0.6) is 0 Å². The number of H-pyrrole nitrogens is 2. The minimum Gasteiger partial charge on any atom is -0.355 e. The molecule has 2 aliphatic heterocycles. The van der Waals surface area contributed by atoms with E-state index < -0.39 is 0 Å². The molecule has 5 heterocycles. The number of aromatic amines is 2. The second-order valence-electron chi connectivity index (χ2n) is 9.91. The van der Waals surface area contributed by atoms with Crippen LogP contribution in [0.3, 0.4) is 0 Å². The first-order valence-electron chi connectivity index (χ1n) is 14.4. The highest BCUT2D eigenvalue weighted by Gasteiger charge is 2.01. The number of hydrazine groups is 3. The molecule has 0 unspecified atom stereocenters. The van der Waals surface area contributed by atoms with Gasteiger partial charge in [0.25, 0.3) is 0 Å². The molecule has 0 aromatic carbocycles. The van der Waals surface area contributed by atoms with Crippen LogP contribution in [0.1, 0.15) is 81.1 Å². The number of rotatable bonds is 13. The van der Waals surface area contributed by atoms with Gasteiger partial charge < -0.3 is 15.4 Å². The molecule has 0 radical (unpaired) electrons. The Hall–Kier alpha value is -3.98. The number of nitrogens with one attached hydrogen (secondary N) is 6. The largest absolute Gasteiger partial charge is 0.355 e. The number of aromatic nitrogens is 4. The Bertz CT molecular complexity index is 1250. The van der Waals surface area contributed by atoms with Gasteiger partial charge in [-0.1, -0.05) is 58.4 Å². The van der Waals surface area contributed by atoms with Gasteiger partial charge in [-0.2, -0.15) is 11.1 Å². The summed E-state index contributed by atoms with van der Waals surface area (Å²) in [4.78, 5) is 16.0. The van der Waals surface area contributed by atoms with Gasteiger partial charge in [-0.3, -0.25) is 0 Å². The van der Waals surface area contributed by atoms with Crippen LogP contribution in [-0.2, 0) is 0 Å². The summed E-state index contributed by atoms with van der Waals surface area (Å²) in [6.45, 7) is 6.75. The number of hydrogen-bond donors (Lipinski definition) is 6. The Labute approximate surface area is 237 Å². The third kappa shape index (κ3) is 9.96. The molecule has 0 saturated heterocycles. The molecule has 0 spiro atoms. The quantitative estimate of drug-likeness (QED) is 0.0710. The number of nitrogens with zero attached hydrogens (tertiary/aromatic N) is 2. The summed E-state index contributed by atoms with van der Waals surface area (Å²) >= 11 is 0. The van der Waals surface area contributed by atoms with Crippen LogP contribution < -0.4 is 21.9 Å². The Kier molecular flexibility index (Phi) is 11.8. The van der Waals surface area contributed by atoms with Crippen LogP contribution in [0.25, 0.3) is 46.4 Å². The maximum Gasteiger partial charge on any atom is 0.0658 e. The molecule has 6 N–H and O–H groups in total. The average molecular weight is 539 g/mol. The molecule has 8 heteroatoms. The predicted molar refractivity (Wildman–Crippen MR) is 169 cm³/mol. The Morgan fingerprint density at radius 1 is 0.625 bits per heavy atom. The standard InChI is InChI=1S/C20H14N4.C12H28N4/c1-2-14-10-16-5-6-18(23-16)12-20-8-7-19(24-20)11-17-4-3-15(22-17)9-13(1)21-14;1-3-5-6-7-8-9-10-11-12-14-16-15-13-4-2/h1-12,21,24H;4,13-16H,2-3,5-12H2,1H3. The van der Waals surface area contributed by atoms with Gasteiger partial charge in [0.2, 0.25) is 0 Å². The fourth-order valence-electron chi connectivity index (χ4n) is 4.48. The van der Waals surface area contributed by atoms with E-state index in [1.165, 1.54) is 51.4 Å². The SMILES string of the molecule is C1=Cc2cc3ccc(cc4nc(cc5ccc(cc1n2)[nH]5)C=C4)[nH]3.C=CNNNNCCCCCCCCCC. The van der Waals surface area contributed by atoms with Gasteiger partial charge in [-0.05, 0) is 79.3 Å². The molecule has 2 aliphatic rings. The van der Waals surface area contributed by atoms with E-state index in [9.17, 15) is 0 Å². The summed E-state index contributed by atoms with van der Waals surface area (Å²) in [7, 11) is 0.